The van der Waals surface area contributed by atoms with Crippen molar-refractivity contribution in [2.24, 2.45) is 0 Å². The molecular formula is C14H23NS. The highest BCUT2D eigenvalue weighted by molar-refractivity contribution is 7.10. The Hall–Kier alpha value is -0.340. The van der Waals surface area contributed by atoms with E-state index >= 15 is 0 Å². The molecule has 2 rings (SSSR count). The summed E-state index contributed by atoms with van der Waals surface area (Å²) in [6.45, 7) is 5.72. The molecule has 1 aliphatic rings. The lowest BCUT2D eigenvalue weighted by atomic mass is 9.81. The molecule has 0 amide bonds. The van der Waals surface area contributed by atoms with Crippen molar-refractivity contribution in [1.82, 2.24) is 5.32 Å². The molecule has 16 heavy (non-hydrogen) atoms. The van der Waals surface area contributed by atoms with Gasteiger partial charge in [0.1, 0.15) is 0 Å². The van der Waals surface area contributed by atoms with Gasteiger partial charge in [0, 0.05) is 16.8 Å². The topological polar surface area (TPSA) is 12.0 Å². The molecule has 0 aliphatic heterocycles. The van der Waals surface area contributed by atoms with Crippen LogP contribution in [0.1, 0.15) is 55.9 Å². The van der Waals surface area contributed by atoms with Crippen molar-refractivity contribution in [1.29, 1.82) is 0 Å². The number of fused-ring (bicyclic) bond motifs is 1. The Morgan fingerprint density at radius 1 is 1.50 bits per heavy atom. The minimum absolute atomic E-state index is 0.689. The van der Waals surface area contributed by atoms with E-state index in [1.807, 2.05) is 11.3 Å². The first-order valence-electron chi connectivity index (χ1n) is 6.66. The number of thiophene rings is 1. The summed E-state index contributed by atoms with van der Waals surface area (Å²) in [4.78, 5) is 1.65. The van der Waals surface area contributed by atoms with Crippen LogP contribution < -0.4 is 5.32 Å². The first-order valence-corrected chi connectivity index (χ1v) is 7.54. The van der Waals surface area contributed by atoms with Gasteiger partial charge in [-0.15, -0.1) is 11.3 Å². The molecule has 2 atom stereocenters. The largest absolute Gasteiger partial charge is 0.313 e. The predicted molar refractivity (Wildman–Crippen MR) is 72.4 cm³/mol. The zero-order valence-electron chi connectivity index (χ0n) is 10.5. The lowest BCUT2D eigenvalue weighted by Gasteiger charge is -2.30. The van der Waals surface area contributed by atoms with Gasteiger partial charge in [-0.05, 0) is 55.7 Å². The maximum atomic E-state index is 3.72. The van der Waals surface area contributed by atoms with E-state index in [4.69, 9.17) is 0 Å². The molecule has 1 aromatic heterocycles. The van der Waals surface area contributed by atoms with Crippen LogP contribution in [0.5, 0.6) is 0 Å². The van der Waals surface area contributed by atoms with E-state index in [1.54, 1.807) is 10.4 Å². The quantitative estimate of drug-likeness (QED) is 0.817. The van der Waals surface area contributed by atoms with Crippen molar-refractivity contribution in [3.63, 3.8) is 0 Å². The summed E-state index contributed by atoms with van der Waals surface area (Å²) >= 11 is 1.95. The molecule has 0 bridgehead atoms. The maximum Gasteiger partial charge on any atom is 0.0134 e. The summed E-state index contributed by atoms with van der Waals surface area (Å²) in [7, 11) is 0. The van der Waals surface area contributed by atoms with Crippen molar-refractivity contribution < 1.29 is 0 Å². The SMILES string of the molecule is CCCNC(CC)C1CCCc2sccc21. The molecule has 1 N–H and O–H groups in total. The van der Waals surface area contributed by atoms with Crippen LogP contribution in [-0.2, 0) is 6.42 Å². The molecule has 1 nitrogen and oxygen atoms in total. The second-order valence-electron chi connectivity index (χ2n) is 4.77. The molecular weight excluding hydrogens is 214 g/mol. The Balaban J connectivity index is 2.09. The fourth-order valence-electron chi connectivity index (χ4n) is 2.84. The molecule has 1 aliphatic carbocycles. The van der Waals surface area contributed by atoms with Crippen LogP contribution in [0.2, 0.25) is 0 Å². The number of nitrogens with one attached hydrogen (secondary N) is 1. The monoisotopic (exact) mass is 237 g/mol. The molecule has 2 unspecified atom stereocenters. The van der Waals surface area contributed by atoms with Gasteiger partial charge in [-0.1, -0.05) is 13.8 Å². The molecule has 1 heterocycles. The highest BCUT2D eigenvalue weighted by Crippen LogP contribution is 2.37. The first-order chi connectivity index (χ1) is 7.86. The Bertz CT molecular complexity index is 318. The van der Waals surface area contributed by atoms with Crippen LogP contribution >= 0.6 is 11.3 Å². The Morgan fingerprint density at radius 3 is 3.12 bits per heavy atom. The number of rotatable bonds is 5. The third-order valence-electron chi connectivity index (χ3n) is 3.68. The normalized spacial score (nSPS) is 21.8. The summed E-state index contributed by atoms with van der Waals surface area (Å²) in [5, 5.41) is 6.00. The van der Waals surface area contributed by atoms with Gasteiger partial charge in [-0.3, -0.25) is 0 Å². The highest BCUT2D eigenvalue weighted by atomic mass is 32.1. The molecule has 0 aromatic carbocycles. The van der Waals surface area contributed by atoms with Gasteiger partial charge >= 0.3 is 0 Å². The smallest absolute Gasteiger partial charge is 0.0134 e. The van der Waals surface area contributed by atoms with E-state index in [0.717, 1.165) is 12.5 Å². The molecule has 0 fully saturated rings. The lowest BCUT2D eigenvalue weighted by molar-refractivity contribution is 0.385. The Morgan fingerprint density at radius 2 is 2.38 bits per heavy atom. The van der Waals surface area contributed by atoms with E-state index in [1.165, 1.54) is 32.1 Å². The van der Waals surface area contributed by atoms with Gasteiger partial charge in [0.05, 0.1) is 0 Å². The maximum absolute atomic E-state index is 3.72. The van der Waals surface area contributed by atoms with Crippen LogP contribution in [0.25, 0.3) is 0 Å². The van der Waals surface area contributed by atoms with Crippen LogP contribution in [0.3, 0.4) is 0 Å². The molecule has 2 heteroatoms. The molecule has 0 radical (unpaired) electrons. The van der Waals surface area contributed by atoms with Crippen molar-refractivity contribution >= 4 is 11.3 Å². The van der Waals surface area contributed by atoms with E-state index in [2.05, 4.69) is 30.6 Å². The highest BCUT2D eigenvalue weighted by Gasteiger charge is 2.26. The summed E-state index contributed by atoms with van der Waals surface area (Å²) in [6.07, 6.45) is 6.55. The molecule has 90 valence electrons. The third kappa shape index (κ3) is 2.49. The van der Waals surface area contributed by atoms with Gasteiger partial charge in [-0.25, -0.2) is 0 Å². The number of hydrogen-bond acceptors (Lipinski definition) is 2. The summed E-state index contributed by atoms with van der Waals surface area (Å²) in [5.41, 5.74) is 1.65. The van der Waals surface area contributed by atoms with Gasteiger partial charge in [-0.2, -0.15) is 0 Å². The summed E-state index contributed by atoms with van der Waals surface area (Å²) in [6, 6.07) is 3.05. The lowest BCUT2D eigenvalue weighted by Crippen LogP contribution is -2.36. The average molecular weight is 237 g/mol. The number of aryl methyl sites for hydroxylation is 1. The average Bonchev–Trinajstić information content (AvgIpc) is 2.78. The van der Waals surface area contributed by atoms with E-state index in [0.29, 0.717) is 6.04 Å². The Labute approximate surface area is 103 Å². The van der Waals surface area contributed by atoms with Gasteiger partial charge in [0.2, 0.25) is 0 Å². The second-order valence-corrected chi connectivity index (χ2v) is 5.77. The van der Waals surface area contributed by atoms with Crippen molar-refractivity contribution in [3.05, 3.63) is 21.9 Å². The zero-order chi connectivity index (χ0) is 11.4. The van der Waals surface area contributed by atoms with Crippen molar-refractivity contribution in [2.75, 3.05) is 6.54 Å². The third-order valence-corrected chi connectivity index (χ3v) is 4.68. The molecule has 0 saturated heterocycles. The zero-order valence-corrected chi connectivity index (χ0v) is 11.3. The van der Waals surface area contributed by atoms with E-state index < -0.39 is 0 Å². The minimum atomic E-state index is 0.689. The molecule has 0 spiro atoms. The van der Waals surface area contributed by atoms with Crippen LogP contribution in [0.15, 0.2) is 11.4 Å². The predicted octanol–water partition coefficient (Wildman–Crippen LogP) is 3.95. The fourth-order valence-corrected chi connectivity index (χ4v) is 3.84. The molecule has 1 aromatic rings. The van der Waals surface area contributed by atoms with Crippen LogP contribution in [0, 0.1) is 0 Å². The molecule has 0 saturated carbocycles. The van der Waals surface area contributed by atoms with Gasteiger partial charge in [0.15, 0.2) is 0 Å². The summed E-state index contributed by atoms with van der Waals surface area (Å²) in [5.74, 6) is 0.770. The van der Waals surface area contributed by atoms with Gasteiger partial charge < -0.3 is 5.32 Å². The Kier molecular flexibility index (Phi) is 4.42. The van der Waals surface area contributed by atoms with Gasteiger partial charge in [0.25, 0.3) is 0 Å². The first kappa shape index (κ1) is 12.1. The minimum Gasteiger partial charge on any atom is -0.313 e. The van der Waals surface area contributed by atoms with Crippen LogP contribution in [-0.4, -0.2) is 12.6 Å². The van der Waals surface area contributed by atoms with Crippen molar-refractivity contribution in [3.8, 4) is 0 Å². The van der Waals surface area contributed by atoms with Crippen LogP contribution in [0.4, 0.5) is 0 Å². The number of hydrogen-bond donors (Lipinski definition) is 1. The fraction of sp³-hybridized carbons (Fsp3) is 0.714. The summed E-state index contributed by atoms with van der Waals surface area (Å²) < 4.78 is 0. The second kappa shape index (κ2) is 5.83. The van der Waals surface area contributed by atoms with E-state index in [-0.39, 0.29) is 0 Å². The van der Waals surface area contributed by atoms with E-state index in [9.17, 15) is 0 Å². The van der Waals surface area contributed by atoms with Crippen molar-refractivity contribution in [2.45, 2.75) is 57.9 Å². The standard InChI is InChI=1S/C14H23NS/c1-3-9-15-13(4-2)11-6-5-7-14-12(11)8-10-16-14/h8,10-11,13,15H,3-7,9H2,1-2H3.